The predicted octanol–water partition coefficient (Wildman–Crippen LogP) is 2.11. The van der Waals surface area contributed by atoms with Crippen LogP contribution in [0.25, 0.3) is 0 Å². The highest BCUT2D eigenvalue weighted by atomic mass is 16.2. The maximum Gasteiger partial charge on any atom is 0.242 e. The van der Waals surface area contributed by atoms with Crippen molar-refractivity contribution in [1.29, 1.82) is 0 Å². The zero-order valence-electron chi connectivity index (χ0n) is 13.1. The van der Waals surface area contributed by atoms with Crippen LogP contribution in [0.5, 0.6) is 0 Å². The van der Waals surface area contributed by atoms with Crippen molar-refractivity contribution in [1.82, 2.24) is 15.3 Å². The summed E-state index contributed by atoms with van der Waals surface area (Å²) in [4.78, 5) is 20.9. The lowest BCUT2D eigenvalue weighted by Gasteiger charge is -2.23. The van der Waals surface area contributed by atoms with E-state index in [0.29, 0.717) is 5.82 Å². The quantitative estimate of drug-likeness (QED) is 0.748. The number of aromatic nitrogens is 2. The van der Waals surface area contributed by atoms with E-state index >= 15 is 0 Å². The number of hydrogen-bond donors (Lipinski definition) is 3. The maximum absolute atomic E-state index is 11.8. The second kappa shape index (κ2) is 7.24. The SMILES string of the molecule is CCCNc1cc(NC2CCCNC2=O)nc(C(C)C)n1. The molecule has 6 nitrogen and oxygen atoms in total. The Morgan fingerprint density at radius 2 is 2.14 bits per heavy atom. The number of amides is 1. The van der Waals surface area contributed by atoms with Gasteiger partial charge in [-0.15, -0.1) is 0 Å². The molecule has 1 aromatic rings. The van der Waals surface area contributed by atoms with Crippen molar-refractivity contribution in [3.05, 3.63) is 11.9 Å². The number of nitrogens with zero attached hydrogens (tertiary/aromatic N) is 2. The molecular formula is C15H25N5O. The maximum atomic E-state index is 11.8. The molecule has 1 aliphatic rings. The van der Waals surface area contributed by atoms with Crippen molar-refractivity contribution in [2.45, 2.75) is 52.0 Å². The molecular weight excluding hydrogens is 266 g/mol. The summed E-state index contributed by atoms with van der Waals surface area (Å²) in [6.45, 7) is 7.88. The van der Waals surface area contributed by atoms with E-state index in [-0.39, 0.29) is 17.9 Å². The first-order chi connectivity index (χ1) is 10.1. The molecule has 2 rings (SSSR count). The third-order valence-corrected chi connectivity index (χ3v) is 3.42. The van der Waals surface area contributed by atoms with Crippen LogP contribution in [0.15, 0.2) is 6.07 Å². The van der Waals surface area contributed by atoms with Crippen molar-refractivity contribution in [3.8, 4) is 0 Å². The van der Waals surface area contributed by atoms with Gasteiger partial charge in [0.15, 0.2) is 0 Å². The summed E-state index contributed by atoms with van der Waals surface area (Å²) in [7, 11) is 0. The Morgan fingerprint density at radius 1 is 1.38 bits per heavy atom. The second-order valence-corrected chi connectivity index (χ2v) is 5.71. The topological polar surface area (TPSA) is 78.9 Å². The number of anilines is 2. The summed E-state index contributed by atoms with van der Waals surface area (Å²) < 4.78 is 0. The molecule has 1 unspecified atom stereocenters. The second-order valence-electron chi connectivity index (χ2n) is 5.71. The molecule has 2 heterocycles. The number of rotatable bonds is 6. The van der Waals surface area contributed by atoms with E-state index in [2.05, 4.69) is 46.7 Å². The zero-order valence-corrected chi connectivity index (χ0v) is 13.1. The first-order valence-electron chi connectivity index (χ1n) is 7.77. The van der Waals surface area contributed by atoms with Crippen LogP contribution >= 0.6 is 0 Å². The van der Waals surface area contributed by atoms with Gasteiger partial charge < -0.3 is 16.0 Å². The van der Waals surface area contributed by atoms with Gasteiger partial charge in [-0.3, -0.25) is 4.79 Å². The molecule has 1 aliphatic heterocycles. The van der Waals surface area contributed by atoms with Crippen LogP contribution in [0.2, 0.25) is 0 Å². The Hall–Kier alpha value is -1.85. The molecule has 0 bridgehead atoms. The fourth-order valence-corrected chi connectivity index (χ4v) is 2.23. The predicted molar refractivity (Wildman–Crippen MR) is 84.6 cm³/mol. The van der Waals surface area contributed by atoms with Gasteiger partial charge >= 0.3 is 0 Å². The molecule has 6 heteroatoms. The van der Waals surface area contributed by atoms with Gasteiger partial charge in [-0.2, -0.15) is 0 Å². The third kappa shape index (κ3) is 4.31. The van der Waals surface area contributed by atoms with Crippen LogP contribution in [0.3, 0.4) is 0 Å². The number of piperidine rings is 1. The van der Waals surface area contributed by atoms with E-state index in [0.717, 1.165) is 44.0 Å². The van der Waals surface area contributed by atoms with E-state index < -0.39 is 0 Å². The molecule has 1 aromatic heterocycles. The van der Waals surface area contributed by atoms with Crippen molar-refractivity contribution < 1.29 is 4.79 Å². The summed E-state index contributed by atoms with van der Waals surface area (Å²) in [6, 6.07) is 1.68. The fraction of sp³-hybridized carbons (Fsp3) is 0.667. The summed E-state index contributed by atoms with van der Waals surface area (Å²) in [5.74, 6) is 2.61. The largest absolute Gasteiger partial charge is 0.370 e. The van der Waals surface area contributed by atoms with Crippen LogP contribution in [0.1, 0.15) is 51.8 Å². The Kier molecular flexibility index (Phi) is 5.36. The average Bonchev–Trinajstić information content (AvgIpc) is 2.47. The Bertz CT molecular complexity index is 489. The minimum Gasteiger partial charge on any atom is -0.370 e. The van der Waals surface area contributed by atoms with Gasteiger partial charge in [0.2, 0.25) is 5.91 Å². The Morgan fingerprint density at radius 3 is 2.81 bits per heavy atom. The fourth-order valence-electron chi connectivity index (χ4n) is 2.23. The Labute approximate surface area is 126 Å². The van der Waals surface area contributed by atoms with Crippen molar-refractivity contribution in [3.63, 3.8) is 0 Å². The van der Waals surface area contributed by atoms with E-state index in [1.165, 1.54) is 0 Å². The highest BCUT2D eigenvalue weighted by Crippen LogP contribution is 2.19. The van der Waals surface area contributed by atoms with Crippen LogP contribution in [0.4, 0.5) is 11.6 Å². The van der Waals surface area contributed by atoms with Crippen LogP contribution < -0.4 is 16.0 Å². The molecule has 0 saturated carbocycles. The number of nitrogens with one attached hydrogen (secondary N) is 3. The number of carbonyl (C=O) groups is 1. The lowest BCUT2D eigenvalue weighted by Crippen LogP contribution is -2.44. The average molecular weight is 291 g/mol. The third-order valence-electron chi connectivity index (χ3n) is 3.42. The highest BCUT2D eigenvalue weighted by molar-refractivity contribution is 5.85. The highest BCUT2D eigenvalue weighted by Gasteiger charge is 2.22. The molecule has 3 N–H and O–H groups in total. The number of carbonyl (C=O) groups excluding carboxylic acids is 1. The van der Waals surface area contributed by atoms with E-state index in [1.54, 1.807) is 0 Å². The van der Waals surface area contributed by atoms with Gasteiger partial charge in [0, 0.05) is 25.1 Å². The summed E-state index contributed by atoms with van der Waals surface area (Å²) in [5.41, 5.74) is 0. The van der Waals surface area contributed by atoms with Crippen LogP contribution in [-0.4, -0.2) is 35.0 Å². The zero-order chi connectivity index (χ0) is 15.2. The van der Waals surface area contributed by atoms with E-state index in [9.17, 15) is 4.79 Å². The van der Waals surface area contributed by atoms with Crippen molar-refractivity contribution in [2.75, 3.05) is 23.7 Å². The Balaban J connectivity index is 2.16. The summed E-state index contributed by atoms with van der Waals surface area (Å²) >= 11 is 0. The summed E-state index contributed by atoms with van der Waals surface area (Å²) in [5, 5.41) is 9.40. The molecule has 21 heavy (non-hydrogen) atoms. The summed E-state index contributed by atoms with van der Waals surface area (Å²) in [6.07, 6.45) is 2.87. The molecule has 1 fully saturated rings. The van der Waals surface area contributed by atoms with E-state index in [1.807, 2.05) is 6.07 Å². The standard InChI is InChI=1S/C15H25N5O/c1-4-7-16-12-9-13(20-14(19-12)10(2)3)18-11-6-5-8-17-15(11)21/h9-11H,4-8H2,1-3H3,(H,17,21)(H2,16,18,19,20). The normalized spacial score (nSPS) is 18.5. The molecule has 116 valence electrons. The van der Waals surface area contributed by atoms with Gasteiger partial charge in [-0.05, 0) is 19.3 Å². The minimum absolute atomic E-state index is 0.0500. The molecule has 1 saturated heterocycles. The molecule has 1 amide bonds. The van der Waals surface area contributed by atoms with Gasteiger partial charge in [-0.1, -0.05) is 20.8 Å². The van der Waals surface area contributed by atoms with Gasteiger partial charge in [-0.25, -0.2) is 9.97 Å². The van der Waals surface area contributed by atoms with Crippen molar-refractivity contribution >= 4 is 17.5 Å². The first kappa shape index (κ1) is 15.5. The van der Waals surface area contributed by atoms with E-state index in [4.69, 9.17) is 0 Å². The van der Waals surface area contributed by atoms with Crippen LogP contribution in [-0.2, 0) is 4.79 Å². The molecule has 0 aliphatic carbocycles. The monoisotopic (exact) mass is 291 g/mol. The lowest BCUT2D eigenvalue weighted by molar-refractivity contribution is -0.123. The molecule has 0 spiro atoms. The van der Waals surface area contributed by atoms with Gasteiger partial charge in [0.1, 0.15) is 23.5 Å². The molecule has 0 aromatic carbocycles. The molecule has 1 atom stereocenters. The minimum atomic E-state index is -0.201. The first-order valence-corrected chi connectivity index (χ1v) is 7.77. The lowest BCUT2D eigenvalue weighted by atomic mass is 10.1. The van der Waals surface area contributed by atoms with Crippen LogP contribution in [0, 0.1) is 0 Å². The smallest absolute Gasteiger partial charge is 0.242 e. The van der Waals surface area contributed by atoms with Gasteiger partial charge in [0.25, 0.3) is 0 Å². The number of hydrogen-bond acceptors (Lipinski definition) is 5. The van der Waals surface area contributed by atoms with Gasteiger partial charge in [0.05, 0.1) is 0 Å². The van der Waals surface area contributed by atoms with Crippen molar-refractivity contribution in [2.24, 2.45) is 0 Å². The molecule has 0 radical (unpaired) electrons.